The molecule has 0 radical (unpaired) electrons. The molecular weight excluding hydrogens is 248 g/mol. The Hall–Kier alpha value is -1.35. The normalized spacial score (nSPS) is 19.2. The van der Waals surface area contributed by atoms with Crippen LogP contribution in [-0.2, 0) is 17.8 Å². The maximum Gasteiger partial charge on any atom is 0.223 e. The van der Waals surface area contributed by atoms with Crippen molar-refractivity contribution in [2.75, 3.05) is 19.6 Å². The van der Waals surface area contributed by atoms with Gasteiger partial charge in [-0.1, -0.05) is 30.7 Å². The number of hydrogen-bond acceptors (Lipinski definition) is 2. The van der Waals surface area contributed by atoms with Crippen molar-refractivity contribution < 1.29 is 4.79 Å². The first-order valence-electron chi connectivity index (χ1n) is 7.90. The summed E-state index contributed by atoms with van der Waals surface area (Å²) in [6.07, 6.45) is 5.62. The lowest BCUT2D eigenvalue weighted by atomic mass is 9.85. The first-order chi connectivity index (χ1) is 9.83. The Bertz CT molecular complexity index is 468. The molecule has 1 heterocycles. The molecule has 2 aliphatic rings. The molecule has 1 saturated carbocycles. The van der Waals surface area contributed by atoms with Gasteiger partial charge in [-0.15, -0.1) is 0 Å². The maximum atomic E-state index is 11.7. The molecule has 1 amide bonds. The Labute approximate surface area is 121 Å². The number of nitrogens with zero attached hydrogens (tertiary/aromatic N) is 1. The molecule has 3 nitrogen and oxygen atoms in total. The summed E-state index contributed by atoms with van der Waals surface area (Å²) in [4.78, 5) is 14.2. The SMILES string of the molecule is O=C(NCCCN1CCc2ccccc2C1)C1CCC1. The third-order valence-electron chi connectivity index (χ3n) is 4.64. The molecule has 1 aliphatic carbocycles. The minimum atomic E-state index is 0.278. The van der Waals surface area contributed by atoms with Gasteiger partial charge in [0, 0.05) is 32.1 Å². The van der Waals surface area contributed by atoms with Crippen molar-refractivity contribution in [1.82, 2.24) is 10.2 Å². The van der Waals surface area contributed by atoms with Crippen molar-refractivity contribution in [3.63, 3.8) is 0 Å². The number of nitrogens with one attached hydrogen (secondary N) is 1. The molecule has 0 unspecified atom stereocenters. The fourth-order valence-electron chi connectivity index (χ4n) is 3.07. The predicted molar refractivity (Wildman–Crippen MR) is 80.4 cm³/mol. The van der Waals surface area contributed by atoms with Crippen LogP contribution in [0.25, 0.3) is 0 Å². The van der Waals surface area contributed by atoms with Gasteiger partial charge < -0.3 is 5.32 Å². The molecule has 0 spiro atoms. The number of carbonyl (C=O) groups excluding carboxylic acids is 1. The molecule has 1 N–H and O–H groups in total. The molecule has 108 valence electrons. The van der Waals surface area contributed by atoms with Crippen LogP contribution in [0.4, 0.5) is 0 Å². The van der Waals surface area contributed by atoms with Gasteiger partial charge in [-0.25, -0.2) is 0 Å². The second kappa shape index (κ2) is 6.40. The van der Waals surface area contributed by atoms with E-state index in [2.05, 4.69) is 34.5 Å². The molecule has 0 saturated heterocycles. The molecule has 0 atom stereocenters. The van der Waals surface area contributed by atoms with E-state index in [1.54, 1.807) is 0 Å². The summed E-state index contributed by atoms with van der Waals surface area (Å²) in [6.45, 7) is 4.12. The van der Waals surface area contributed by atoms with Crippen LogP contribution in [0.2, 0.25) is 0 Å². The number of carbonyl (C=O) groups is 1. The summed E-state index contributed by atoms with van der Waals surface area (Å²) in [5.74, 6) is 0.595. The van der Waals surface area contributed by atoms with Crippen molar-refractivity contribution in [2.45, 2.75) is 38.6 Å². The van der Waals surface area contributed by atoms with Gasteiger partial charge in [0.2, 0.25) is 5.91 Å². The summed E-state index contributed by atoms with van der Waals surface area (Å²) in [5, 5.41) is 3.08. The van der Waals surface area contributed by atoms with E-state index in [-0.39, 0.29) is 5.91 Å². The third-order valence-corrected chi connectivity index (χ3v) is 4.64. The fraction of sp³-hybridized carbons (Fsp3) is 0.588. The Morgan fingerprint density at radius 1 is 1.25 bits per heavy atom. The lowest BCUT2D eigenvalue weighted by Crippen LogP contribution is -2.37. The Morgan fingerprint density at radius 3 is 2.80 bits per heavy atom. The number of rotatable bonds is 5. The van der Waals surface area contributed by atoms with E-state index in [1.807, 2.05) is 0 Å². The first-order valence-corrected chi connectivity index (χ1v) is 7.90. The highest BCUT2D eigenvalue weighted by Crippen LogP contribution is 2.26. The molecule has 1 aromatic rings. The smallest absolute Gasteiger partial charge is 0.223 e. The third kappa shape index (κ3) is 3.21. The summed E-state index contributed by atoms with van der Waals surface area (Å²) in [6, 6.07) is 8.73. The van der Waals surface area contributed by atoms with Crippen LogP contribution in [0, 0.1) is 5.92 Å². The van der Waals surface area contributed by atoms with Crippen LogP contribution >= 0.6 is 0 Å². The largest absolute Gasteiger partial charge is 0.356 e. The van der Waals surface area contributed by atoms with Crippen molar-refractivity contribution >= 4 is 5.91 Å². The van der Waals surface area contributed by atoms with Gasteiger partial charge in [0.05, 0.1) is 0 Å². The van der Waals surface area contributed by atoms with Gasteiger partial charge in [0.25, 0.3) is 0 Å². The van der Waals surface area contributed by atoms with Gasteiger partial charge in [0.1, 0.15) is 0 Å². The first kappa shape index (κ1) is 13.6. The van der Waals surface area contributed by atoms with Crippen LogP contribution in [0.1, 0.15) is 36.8 Å². The topological polar surface area (TPSA) is 32.3 Å². The molecule has 1 fully saturated rings. The Kier molecular flexibility index (Phi) is 4.36. The van der Waals surface area contributed by atoms with Gasteiger partial charge in [0.15, 0.2) is 0 Å². The van der Waals surface area contributed by atoms with Gasteiger partial charge in [-0.2, -0.15) is 0 Å². The monoisotopic (exact) mass is 272 g/mol. The second-order valence-electron chi connectivity index (χ2n) is 6.07. The fourth-order valence-corrected chi connectivity index (χ4v) is 3.07. The highest BCUT2D eigenvalue weighted by molar-refractivity contribution is 5.79. The maximum absolute atomic E-state index is 11.7. The quantitative estimate of drug-likeness (QED) is 0.835. The lowest BCUT2D eigenvalue weighted by Gasteiger charge is -2.29. The van der Waals surface area contributed by atoms with E-state index in [1.165, 1.54) is 17.5 Å². The summed E-state index contributed by atoms with van der Waals surface area (Å²) >= 11 is 0. The van der Waals surface area contributed by atoms with Crippen molar-refractivity contribution in [3.8, 4) is 0 Å². The van der Waals surface area contributed by atoms with Crippen LogP contribution < -0.4 is 5.32 Å². The van der Waals surface area contributed by atoms with Crippen LogP contribution in [0.15, 0.2) is 24.3 Å². The molecular formula is C17H24N2O. The highest BCUT2D eigenvalue weighted by Gasteiger charge is 2.24. The van der Waals surface area contributed by atoms with Crippen LogP contribution in [0.5, 0.6) is 0 Å². The number of benzene rings is 1. The molecule has 3 heteroatoms. The van der Waals surface area contributed by atoms with Crippen molar-refractivity contribution in [1.29, 1.82) is 0 Å². The predicted octanol–water partition coefficient (Wildman–Crippen LogP) is 2.35. The summed E-state index contributed by atoms with van der Waals surface area (Å²) in [7, 11) is 0. The second-order valence-corrected chi connectivity index (χ2v) is 6.07. The average Bonchev–Trinajstić information content (AvgIpc) is 2.41. The summed E-state index contributed by atoms with van der Waals surface area (Å²) in [5.41, 5.74) is 2.97. The van der Waals surface area contributed by atoms with Crippen molar-refractivity contribution in [3.05, 3.63) is 35.4 Å². The number of hydrogen-bond donors (Lipinski definition) is 1. The highest BCUT2D eigenvalue weighted by atomic mass is 16.1. The molecule has 3 rings (SSSR count). The number of fused-ring (bicyclic) bond motifs is 1. The van der Waals surface area contributed by atoms with Gasteiger partial charge in [-0.3, -0.25) is 9.69 Å². The zero-order chi connectivity index (χ0) is 13.8. The van der Waals surface area contributed by atoms with Crippen LogP contribution in [0.3, 0.4) is 0 Å². The molecule has 20 heavy (non-hydrogen) atoms. The van der Waals surface area contributed by atoms with Gasteiger partial charge >= 0.3 is 0 Å². The van der Waals surface area contributed by atoms with E-state index >= 15 is 0 Å². The molecule has 0 aromatic heterocycles. The van der Waals surface area contributed by atoms with E-state index in [4.69, 9.17) is 0 Å². The molecule has 1 aliphatic heterocycles. The zero-order valence-electron chi connectivity index (χ0n) is 12.1. The Balaban J connectivity index is 1.36. The lowest BCUT2D eigenvalue weighted by molar-refractivity contribution is -0.127. The average molecular weight is 272 g/mol. The van der Waals surface area contributed by atoms with Crippen LogP contribution in [-0.4, -0.2) is 30.4 Å². The van der Waals surface area contributed by atoms with E-state index in [0.717, 1.165) is 51.9 Å². The minimum Gasteiger partial charge on any atom is -0.356 e. The van der Waals surface area contributed by atoms with Crippen molar-refractivity contribution in [2.24, 2.45) is 5.92 Å². The van der Waals surface area contributed by atoms with E-state index in [0.29, 0.717) is 5.92 Å². The van der Waals surface area contributed by atoms with Gasteiger partial charge in [-0.05, 0) is 36.8 Å². The van der Waals surface area contributed by atoms with E-state index in [9.17, 15) is 4.79 Å². The zero-order valence-corrected chi connectivity index (χ0v) is 12.1. The standard InChI is InChI=1S/C17H24N2O/c20-17(15-7-3-8-15)18-10-4-11-19-12-9-14-5-1-2-6-16(14)13-19/h1-2,5-6,15H,3-4,7-13H2,(H,18,20). The summed E-state index contributed by atoms with van der Waals surface area (Å²) < 4.78 is 0. The Morgan fingerprint density at radius 2 is 2.05 bits per heavy atom. The van der Waals surface area contributed by atoms with E-state index < -0.39 is 0 Å². The molecule has 1 aromatic carbocycles. The minimum absolute atomic E-state index is 0.278. The molecule has 0 bridgehead atoms. The number of amides is 1.